The zero-order valence-corrected chi connectivity index (χ0v) is 20.7. The van der Waals surface area contributed by atoms with Gasteiger partial charge in [0.25, 0.3) is 0 Å². The van der Waals surface area contributed by atoms with Crippen LogP contribution in [0.1, 0.15) is 33.7 Å². The molecule has 3 heterocycles. The molecule has 1 spiro atoms. The van der Waals surface area contributed by atoms with Crippen LogP contribution in [0.25, 0.3) is 6.08 Å². The second-order valence-corrected chi connectivity index (χ2v) is 10.9. The number of para-hydroxylation sites is 1. The molecule has 1 amide bonds. The van der Waals surface area contributed by atoms with E-state index >= 15 is 0 Å². The van der Waals surface area contributed by atoms with Gasteiger partial charge in [-0.3, -0.25) is 14.5 Å². The Hall–Kier alpha value is -3.15. The summed E-state index contributed by atoms with van der Waals surface area (Å²) in [5.74, 6) is 0.978. The highest BCUT2D eigenvalue weighted by atomic mass is 32.2. The highest BCUT2D eigenvalue weighted by Gasteiger charge is 2.69. The molecule has 0 unspecified atom stereocenters. The molecule has 4 atom stereocenters. The molecule has 2 fully saturated rings. The maximum Gasteiger partial charge on any atom is 0.250 e. The van der Waals surface area contributed by atoms with Gasteiger partial charge in [-0.2, -0.15) is 0 Å². The predicted octanol–water partition coefficient (Wildman–Crippen LogP) is 5.52. The van der Waals surface area contributed by atoms with Crippen molar-refractivity contribution < 1.29 is 9.59 Å². The summed E-state index contributed by atoms with van der Waals surface area (Å²) in [6.07, 6.45) is 3.58. The van der Waals surface area contributed by atoms with Gasteiger partial charge in [-0.15, -0.1) is 11.8 Å². The predicted molar refractivity (Wildman–Crippen MR) is 142 cm³/mol. The van der Waals surface area contributed by atoms with Crippen LogP contribution in [0.3, 0.4) is 0 Å². The summed E-state index contributed by atoms with van der Waals surface area (Å²) >= 11 is 1.85. The number of amides is 1. The number of thioether (sulfide) groups is 1. The maximum absolute atomic E-state index is 14.2. The maximum atomic E-state index is 14.2. The Morgan fingerprint density at radius 2 is 1.69 bits per heavy atom. The number of fused-ring (bicyclic) bond motifs is 4. The van der Waals surface area contributed by atoms with Crippen molar-refractivity contribution >= 4 is 35.2 Å². The molecule has 4 nitrogen and oxygen atoms in total. The number of nitrogens with zero attached hydrogens (tertiary/aromatic N) is 1. The topological polar surface area (TPSA) is 49.4 Å². The average molecular weight is 481 g/mol. The van der Waals surface area contributed by atoms with Gasteiger partial charge >= 0.3 is 0 Å². The summed E-state index contributed by atoms with van der Waals surface area (Å²) in [6.45, 7) is 4.12. The number of nitrogens with one attached hydrogen (secondary N) is 1. The van der Waals surface area contributed by atoms with E-state index in [0.717, 1.165) is 34.0 Å². The Kier molecular flexibility index (Phi) is 5.42. The van der Waals surface area contributed by atoms with E-state index < -0.39 is 11.5 Å². The number of allylic oxidation sites excluding steroid dienone is 1. The lowest BCUT2D eigenvalue weighted by Gasteiger charge is -2.36. The van der Waals surface area contributed by atoms with E-state index in [1.54, 1.807) is 6.08 Å². The normalized spacial score (nSPS) is 27.4. The molecular formula is C30H28N2O2S. The Bertz CT molecular complexity index is 1330. The molecule has 0 aromatic heterocycles. The summed E-state index contributed by atoms with van der Waals surface area (Å²) in [4.78, 5) is 30.4. The van der Waals surface area contributed by atoms with Crippen LogP contribution in [-0.4, -0.2) is 34.3 Å². The number of anilines is 1. The summed E-state index contributed by atoms with van der Waals surface area (Å²) in [7, 11) is 0. The van der Waals surface area contributed by atoms with Crippen molar-refractivity contribution in [3.05, 3.63) is 107 Å². The molecule has 35 heavy (non-hydrogen) atoms. The number of benzene rings is 3. The molecule has 0 saturated carbocycles. The molecule has 1 N–H and O–H groups in total. The highest BCUT2D eigenvalue weighted by Crippen LogP contribution is 2.60. The molecule has 3 aliphatic rings. The number of carbonyl (C=O) groups is 2. The van der Waals surface area contributed by atoms with E-state index in [1.165, 1.54) is 11.1 Å². The lowest BCUT2D eigenvalue weighted by molar-refractivity contribution is -0.134. The fourth-order valence-electron chi connectivity index (χ4n) is 6.18. The minimum Gasteiger partial charge on any atom is -0.324 e. The molecule has 0 aliphatic carbocycles. The van der Waals surface area contributed by atoms with Crippen molar-refractivity contribution in [1.82, 2.24) is 4.90 Å². The Balaban J connectivity index is 1.52. The number of hydrogen-bond donors (Lipinski definition) is 1. The van der Waals surface area contributed by atoms with Crippen LogP contribution in [0.5, 0.6) is 0 Å². The van der Waals surface area contributed by atoms with Crippen LogP contribution in [0.15, 0.2) is 78.9 Å². The van der Waals surface area contributed by atoms with Crippen molar-refractivity contribution in [2.75, 3.05) is 16.9 Å². The average Bonchev–Trinajstić information content (AvgIpc) is 3.52. The van der Waals surface area contributed by atoms with Crippen LogP contribution >= 0.6 is 11.8 Å². The molecule has 5 heteroatoms. The van der Waals surface area contributed by atoms with E-state index in [1.807, 2.05) is 66.4 Å². The van der Waals surface area contributed by atoms with Crippen LogP contribution in [0.2, 0.25) is 0 Å². The SMILES string of the molecule is Cc1ccc(/C=C/C(=O)[C@H]2[C@H](c3ccc(C)cc3)[C@H]3CSCN3[C@]23C(=O)Nc2ccccc23)cc1. The van der Waals surface area contributed by atoms with E-state index in [9.17, 15) is 9.59 Å². The minimum absolute atomic E-state index is 0.00223. The number of ketones is 1. The van der Waals surface area contributed by atoms with Crippen molar-refractivity contribution in [2.24, 2.45) is 5.92 Å². The molecule has 176 valence electrons. The first kappa shape index (κ1) is 22.3. The minimum atomic E-state index is -1.00. The number of aryl methyl sites for hydroxylation is 2. The quantitative estimate of drug-likeness (QED) is 0.500. The number of hydrogen-bond acceptors (Lipinski definition) is 4. The summed E-state index contributed by atoms with van der Waals surface area (Å²) in [5, 5.41) is 3.12. The van der Waals surface area contributed by atoms with Gasteiger partial charge in [0.1, 0.15) is 5.54 Å². The van der Waals surface area contributed by atoms with E-state index in [2.05, 4.69) is 48.3 Å². The third-order valence-electron chi connectivity index (χ3n) is 7.81. The van der Waals surface area contributed by atoms with Crippen LogP contribution in [-0.2, 0) is 15.1 Å². The van der Waals surface area contributed by atoms with Crippen LogP contribution in [0, 0.1) is 19.8 Å². The van der Waals surface area contributed by atoms with Crippen LogP contribution < -0.4 is 5.32 Å². The molecule has 0 bridgehead atoms. The summed E-state index contributed by atoms with van der Waals surface area (Å²) in [5.41, 5.74) is 5.21. The van der Waals surface area contributed by atoms with Gasteiger partial charge in [-0.25, -0.2) is 0 Å². The second-order valence-electron chi connectivity index (χ2n) is 9.86. The molecule has 3 aromatic rings. The smallest absolute Gasteiger partial charge is 0.250 e. The van der Waals surface area contributed by atoms with Gasteiger partial charge in [0.05, 0.1) is 5.92 Å². The van der Waals surface area contributed by atoms with Crippen molar-refractivity contribution in [2.45, 2.75) is 31.3 Å². The molecule has 3 aromatic carbocycles. The Morgan fingerprint density at radius 3 is 2.43 bits per heavy atom. The Labute approximate surface area is 210 Å². The van der Waals surface area contributed by atoms with Gasteiger partial charge in [-0.05, 0) is 37.1 Å². The van der Waals surface area contributed by atoms with Gasteiger partial charge in [0, 0.05) is 34.8 Å². The van der Waals surface area contributed by atoms with Crippen LogP contribution in [0.4, 0.5) is 5.69 Å². The van der Waals surface area contributed by atoms with Gasteiger partial charge in [0.2, 0.25) is 5.91 Å². The second kappa shape index (κ2) is 8.51. The molecular weight excluding hydrogens is 452 g/mol. The first-order valence-corrected chi connectivity index (χ1v) is 13.3. The molecule has 0 radical (unpaired) electrons. The molecule has 6 rings (SSSR count). The van der Waals surface area contributed by atoms with Gasteiger partial charge < -0.3 is 5.32 Å². The molecule has 3 aliphatic heterocycles. The van der Waals surface area contributed by atoms with Gasteiger partial charge in [0.15, 0.2) is 5.78 Å². The number of rotatable bonds is 4. The van der Waals surface area contributed by atoms with E-state index in [0.29, 0.717) is 0 Å². The third-order valence-corrected chi connectivity index (χ3v) is 8.85. The summed E-state index contributed by atoms with van der Waals surface area (Å²) < 4.78 is 0. The fraction of sp³-hybridized carbons (Fsp3) is 0.267. The van der Waals surface area contributed by atoms with Crippen molar-refractivity contribution in [3.63, 3.8) is 0 Å². The lowest BCUT2D eigenvalue weighted by Crippen LogP contribution is -2.52. The Morgan fingerprint density at radius 1 is 1.00 bits per heavy atom. The highest BCUT2D eigenvalue weighted by molar-refractivity contribution is 7.99. The van der Waals surface area contributed by atoms with E-state index in [4.69, 9.17) is 0 Å². The first-order valence-electron chi connectivity index (χ1n) is 12.1. The van der Waals surface area contributed by atoms with E-state index in [-0.39, 0.29) is 23.7 Å². The standard InChI is InChI=1S/C30H28N2O2S/c1-19-7-11-21(12-8-19)13-16-26(33)28-27(22-14-9-20(2)10-15-22)25-17-35-18-32(25)30(28)23-5-3-4-6-24(23)31-29(30)34/h3-16,25,27-28H,17-18H2,1-2H3,(H,31,34)/b16-13+/t25-,27-,28+,30+/m1/s1. The van der Waals surface area contributed by atoms with Crippen molar-refractivity contribution in [3.8, 4) is 0 Å². The third kappa shape index (κ3) is 3.40. The fourth-order valence-corrected chi connectivity index (χ4v) is 7.51. The molecule has 2 saturated heterocycles. The zero-order chi connectivity index (χ0) is 24.2. The summed E-state index contributed by atoms with van der Waals surface area (Å²) in [6, 6.07) is 24.6. The van der Waals surface area contributed by atoms with Crippen molar-refractivity contribution in [1.29, 1.82) is 0 Å². The monoisotopic (exact) mass is 480 g/mol. The largest absolute Gasteiger partial charge is 0.324 e. The number of carbonyl (C=O) groups excluding carboxylic acids is 2. The zero-order valence-electron chi connectivity index (χ0n) is 19.9. The first-order chi connectivity index (χ1) is 17.0. The van der Waals surface area contributed by atoms with Gasteiger partial charge in [-0.1, -0.05) is 83.9 Å². The lowest BCUT2D eigenvalue weighted by atomic mass is 9.70.